The second-order valence-electron chi connectivity index (χ2n) is 11.5. The fourth-order valence-corrected chi connectivity index (χ4v) is 8.36. The Hall–Kier alpha value is -1.68. The summed E-state index contributed by atoms with van der Waals surface area (Å²) in [7, 11) is 0. The highest BCUT2D eigenvalue weighted by atomic mass is 79.9. The predicted molar refractivity (Wildman–Crippen MR) is 136 cm³/mol. The van der Waals surface area contributed by atoms with Gasteiger partial charge in [0.05, 0.1) is 13.2 Å². The quantitative estimate of drug-likeness (QED) is 0.447. The van der Waals surface area contributed by atoms with Gasteiger partial charge in [-0.1, -0.05) is 86.6 Å². The zero-order valence-electron chi connectivity index (χ0n) is 20.8. The summed E-state index contributed by atoms with van der Waals surface area (Å²) in [6, 6.07) is 26.6. The number of rotatable bonds is 6. The number of hydrogen-bond donors (Lipinski definition) is 0. The average molecular weight is 521 g/mol. The number of ether oxygens (including phenoxy) is 1. The number of halogens is 1. The van der Waals surface area contributed by atoms with Crippen molar-refractivity contribution in [2.75, 3.05) is 13.1 Å². The van der Waals surface area contributed by atoms with Gasteiger partial charge in [0.25, 0.3) is 0 Å². The van der Waals surface area contributed by atoms with Gasteiger partial charge >= 0.3 is 0 Å². The van der Waals surface area contributed by atoms with Crippen molar-refractivity contribution in [3.8, 4) is 0 Å². The summed E-state index contributed by atoms with van der Waals surface area (Å²) in [4.78, 5) is 0. The van der Waals surface area contributed by atoms with E-state index in [0.29, 0.717) is 17.4 Å². The molecular formula is C31H38BrNO. The fourth-order valence-electron chi connectivity index (χ4n) is 8.36. The Labute approximate surface area is 215 Å². The first-order valence-corrected chi connectivity index (χ1v) is 13.0. The molecule has 2 nitrogen and oxygen atoms in total. The van der Waals surface area contributed by atoms with Crippen molar-refractivity contribution in [3.63, 3.8) is 0 Å². The van der Waals surface area contributed by atoms with Gasteiger partial charge in [0.2, 0.25) is 0 Å². The SMILES string of the molecule is CC(C)[C@@]1(OCc2ccccc2)C[N@+]2(Cc3cccc4ccccc34)CC[C@@H]3CC[C@H]1[C@@]32C.[Br-]. The molecule has 3 aromatic carbocycles. The summed E-state index contributed by atoms with van der Waals surface area (Å²) in [5.74, 6) is 1.98. The Bertz CT molecular complexity index is 1160. The molecule has 3 aromatic rings. The Balaban J connectivity index is 0.00000241. The minimum Gasteiger partial charge on any atom is -1.00 e. The van der Waals surface area contributed by atoms with Crippen molar-refractivity contribution >= 4 is 10.8 Å². The minimum atomic E-state index is -0.0512. The van der Waals surface area contributed by atoms with Crippen LogP contribution in [0.5, 0.6) is 0 Å². The summed E-state index contributed by atoms with van der Waals surface area (Å²) in [5, 5.41) is 2.80. The molecule has 5 atom stereocenters. The maximum absolute atomic E-state index is 7.10. The van der Waals surface area contributed by atoms with Gasteiger partial charge in [-0.3, -0.25) is 0 Å². The van der Waals surface area contributed by atoms with Crippen LogP contribution in [0.1, 0.15) is 51.2 Å². The lowest BCUT2D eigenvalue weighted by Gasteiger charge is -2.44. The highest BCUT2D eigenvalue weighted by Gasteiger charge is 2.76. The molecule has 1 aliphatic carbocycles. The van der Waals surface area contributed by atoms with E-state index in [1.165, 1.54) is 52.2 Å². The molecule has 0 aromatic heterocycles. The first-order chi connectivity index (χ1) is 16.0. The summed E-state index contributed by atoms with van der Waals surface area (Å²) < 4.78 is 8.32. The number of nitrogens with zero attached hydrogens (tertiary/aromatic N) is 1. The summed E-state index contributed by atoms with van der Waals surface area (Å²) >= 11 is 0. The molecular weight excluding hydrogens is 482 g/mol. The highest BCUT2D eigenvalue weighted by molar-refractivity contribution is 5.85. The lowest BCUT2D eigenvalue weighted by Crippen LogP contribution is -3.00. The van der Waals surface area contributed by atoms with Crippen LogP contribution in [-0.4, -0.2) is 28.7 Å². The monoisotopic (exact) mass is 519 g/mol. The zero-order chi connectivity index (χ0) is 22.7. The van der Waals surface area contributed by atoms with Gasteiger partial charge < -0.3 is 26.2 Å². The standard InChI is InChI=1S/C31H38NO.BrH/c1-23(2)31(33-21-24-10-5-4-6-11-24)22-32(19-18-27-16-17-29(31)30(27,32)3)20-26-14-9-13-25-12-7-8-15-28(25)26;/h4-15,23,27,29H,16-22H2,1-3H3;1H/q+1;/p-1/t27-,29-,30+,31-,32+;/m0./s1. The maximum Gasteiger partial charge on any atom is 0.128 e. The normalized spacial score (nSPS) is 33.9. The van der Waals surface area contributed by atoms with E-state index in [0.717, 1.165) is 25.6 Å². The van der Waals surface area contributed by atoms with E-state index in [-0.39, 0.29) is 22.6 Å². The van der Waals surface area contributed by atoms with Gasteiger partial charge in [-0.05, 0) is 42.0 Å². The Kier molecular flexibility index (Phi) is 6.19. The summed E-state index contributed by atoms with van der Waals surface area (Å²) in [5.41, 5.74) is 3.08. The van der Waals surface area contributed by atoms with E-state index in [4.69, 9.17) is 4.74 Å². The van der Waals surface area contributed by atoms with Crippen LogP contribution in [0.4, 0.5) is 0 Å². The highest BCUT2D eigenvalue weighted by Crippen LogP contribution is 2.66. The molecule has 0 unspecified atom stereocenters. The number of quaternary nitrogens is 1. The van der Waals surface area contributed by atoms with Crippen molar-refractivity contribution in [2.45, 2.75) is 64.3 Å². The second-order valence-corrected chi connectivity index (χ2v) is 11.5. The molecule has 1 saturated carbocycles. The number of fused-ring (bicyclic) bond motifs is 1. The summed E-state index contributed by atoms with van der Waals surface area (Å²) in [6.07, 6.45) is 4.08. The van der Waals surface area contributed by atoms with Crippen molar-refractivity contribution in [3.05, 3.63) is 83.9 Å². The van der Waals surface area contributed by atoms with Crippen molar-refractivity contribution in [1.29, 1.82) is 0 Å². The van der Waals surface area contributed by atoms with E-state index in [1.54, 1.807) is 0 Å². The molecule has 0 spiro atoms. The van der Waals surface area contributed by atoms with Crippen LogP contribution in [-0.2, 0) is 17.9 Å². The first kappa shape index (κ1) is 24.0. The number of hydrogen-bond acceptors (Lipinski definition) is 1. The van der Waals surface area contributed by atoms with Crippen molar-refractivity contribution in [2.24, 2.45) is 17.8 Å². The molecule has 3 aliphatic rings. The molecule has 2 heterocycles. The van der Waals surface area contributed by atoms with E-state index in [1.807, 2.05) is 0 Å². The van der Waals surface area contributed by atoms with Gasteiger partial charge in [0.15, 0.2) is 0 Å². The van der Waals surface area contributed by atoms with Gasteiger partial charge in [-0.25, -0.2) is 0 Å². The molecule has 2 saturated heterocycles. The second kappa shape index (κ2) is 8.76. The van der Waals surface area contributed by atoms with Gasteiger partial charge in [0, 0.05) is 23.8 Å². The molecule has 6 rings (SSSR count). The van der Waals surface area contributed by atoms with E-state index < -0.39 is 0 Å². The minimum absolute atomic E-state index is 0. The van der Waals surface area contributed by atoms with Gasteiger partial charge in [-0.15, -0.1) is 0 Å². The lowest BCUT2D eigenvalue weighted by molar-refractivity contribution is -0.967. The lowest BCUT2D eigenvalue weighted by atomic mass is 9.73. The zero-order valence-corrected chi connectivity index (χ0v) is 22.4. The third-order valence-corrected chi connectivity index (χ3v) is 10.1. The largest absolute Gasteiger partial charge is 1.00 e. The summed E-state index contributed by atoms with van der Waals surface area (Å²) in [6.45, 7) is 11.8. The number of benzene rings is 3. The maximum atomic E-state index is 7.10. The van der Waals surface area contributed by atoms with Crippen molar-refractivity contribution < 1.29 is 26.2 Å². The molecule has 0 amide bonds. The van der Waals surface area contributed by atoms with Crippen LogP contribution >= 0.6 is 0 Å². The topological polar surface area (TPSA) is 9.23 Å². The molecule has 3 fully saturated rings. The van der Waals surface area contributed by atoms with Gasteiger partial charge in [-0.2, -0.15) is 0 Å². The van der Waals surface area contributed by atoms with Gasteiger partial charge in [0.1, 0.15) is 24.2 Å². The molecule has 0 bridgehead atoms. The van der Waals surface area contributed by atoms with Crippen LogP contribution in [0.2, 0.25) is 0 Å². The predicted octanol–water partition coefficient (Wildman–Crippen LogP) is 3.97. The van der Waals surface area contributed by atoms with E-state index >= 15 is 0 Å². The van der Waals surface area contributed by atoms with Crippen molar-refractivity contribution in [1.82, 2.24) is 0 Å². The first-order valence-electron chi connectivity index (χ1n) is 13.0. The molecule has 34 heavy (non-hydrogen) atoms. The Morgan fingerprint density at radius 1 is 0.912 bits per heavy atom. The van der Waals surface area contributed by atoms with E-state index in [9.17, 15) is 0 Å². The molecule has 2 aliphatic heterocycles. The van der Waals surface area contributed by atoms with Crippen LogP contribution in [0.15, 0.2) is 72.8 Å². The third kappa shape index (κ3) is 3.34. The Morgan fingerprint density at radius 2 is 1.65 bits per heavy atom. The molecule has 180 valence electrons. The third-order valence-electron chi connectivity index (χ3n) is 10.1. The average Bonchev–Trinajstić information content (AvgIpc) is 3.40. The Morgan fingerprint density at radius 3 is 2.44 bits per heavy atom. The van der Waals surface area contributed by atoms with Crippen LogP contribution in [0.3, 0.4) is 0 Å². The van der Waals surface area contributed by atoms with Crippen LogP contribution < -0.4 is 17.0 Å². The fraction of sp³-hybridized carbons (Fsp3) is 0.484. The molecule has 0 radical (unpaired) electrons. The van der Waals surface area contributed by atoms with E-state index in [2.05, 4.69) is 93.6 Å². The van der Waals surface area contributed by atoms with Crippen LogP contribution in [0.25, 0.3) is 10.8 Å². The smallest absolute Gasteiger partial charge is 0.128 e. The molecule has 0 N–H and O–H groups in total. The van der Waals surface area contributed by atoms with Crippen LogP contribution in [0, 0.1) is 17.8 Å². The molecule has 3 heteroatoms.